The molecule has 2 aromatic rings. The molecule has 1 N–H and O–H groups in total. The highest BCUT2D eigenvalue weighted by atomic mass is 15.1. The van der Waals surface area contributed by atoms with E-state index in [4.69, 9.17) is 0 Å². The number of fused-ring (bicyclic) bond motifs is 1. The lowest BCUT2D eigenvalue weighted by molar-refractivity contribution is 0.373. The van der Waals surface area contributed by atoms with Gasteiger partial charge in [0.25, 0.3) is 0 Å². The van der Waals surface area contributed by atoms with Gasteiger partial charge in [-0.15, -0.1) is 0 Å². The van der Waals surface area contributed by atoms with Crippen molar-refractivity contribution in [1.82, 2.24) is 9.88 Å². The standard InChI is InChI=1S/C16H20N2/c1-3-12-6-4-8-14-15(10-17-16(12)14)13-7-5-9-18(2)11-13/h4,6-8,10,17H,3,5,9,11H2,1-2H3. The first-order chi connectivity index (χ1) is 8.79. The van der Waals surface area contributed by atoms with Gasteiger partial charge in [0.1, 0.15) is 0 Å². The van der Waals surface area contributed by atoms with E-state index in [0.717, 1.165) is 19.4 Å². The molecule has 0 radical (unpaired) electrons. The van der Waals surface area contributed by atoms with Crippen molar-refractivity contribution in [3.8, 4) is 0 Å². The maximum atomic E-state index is 3.46. The van der Waals surface area contributed by atoms with Gasteiger partial charge in [-0.25, -0.2) is 0 Å². The molecule has 1 aliphatic heterocycles. The Morgan fingerprint density at radius 1 is 1.33 bits per heavy atom. The predicted molar refractivity (Wildman–Crippen MR) is 77.8 cm³/mol. The van der Waals surface area contributed by atoms with Crippen molar-refractivity contribution in [2.24, 2.45) is 0 Å². The molecule has 0 saturated heterocycles. The molecule has 0 bridgehead atoms. The number of H-pyrrole nitrogens is 1. The van der Waals surface area contributed by atoms with Crippen molar-refractivity contribution in [1.29, 1.82) is 0 Å². The number of aryl methyl sites for hydroxylation is 1. The van der Waals surface area contributed by atoms with Crippen molar-refractivity contribution in [2.75, 3.05) is 20.1 Å². The van der Waals surface area contributed by atoms with E-state index >= 15 is 0 Å². The van der Waals surface area contributed by atoms with E-state index in [1.165, 1.54) is 34.1 Å². The fourth-order valence-electron chi connectivity index (χ4n) is 2.87. The average molecular weight is 240 g/mol. The summed E-state index contributed by atoms with van der Waals surface area (Å²) in [6.45, 7) is 4.44. The summed E-state index contributed by atoms with van der Waals surface area (Å²) >= 11 is 0. The van der Waals surface area contributed by atoms with Crippen molar-refractivity contribution in [3.05, 3.63) is 41.6 Å². The Hall–Kier alpha value is -1.54. The molecule has 0 saturated carbocycles. The molecule has 18 heavy (non-hydrogen) atoms. The Morgan fingerprint density at radius 3 is 3.00 bits per heavy atom. The molecule has 3 rings (SSSR count). The molecule has 0 fully saturated rings. The number of rotatable bonds is 2. The summed E-state index contributed by atoms with van der Waals surface area (Å²) < 4.78 is 0. The minimum absolute atomic E-state index is 1.06. The van der Waals surface area contributed by atoms with Crippen molar-refractivity contribution in [3.63, 3.8) is 0 Å². The molecular formula is C16H20N2. The molecule has 1 aliphatic rings. The van der Waals surface area contributed by atoms with Gasteiger partial charge in [-0.05, 0) is 31.0 Å². The smallest absolute Gasteiger partial charge is 0.0492 e. The Balaban J connectivity index is 2.10. The molecule has 1 aromatic heterocycles. The van der Waals surface area contributed by atoms with Crippen LogP contribution in [0.1, 0.15) is 24.5 Å². The molecule has 0 amide bonds. The highest BCUT2D eigenvalue weighted by Gasteiger charge is 2.14. The fourth-order valence-corrected chi connectivity index (χ4v) is 2.87. The molecule has 0 spiro atoms. The second kappa shape index (κ2) is 4.62. The highest BCUT2D eigenvalue weighted by Crippen LogP contribution is 2.29. The van der Waals surface area contributed by atoms with Crippen LogP contribution in [-0.4, -0.2) is 30.0 Å². The minimum atomic E-state index is 1.06. The van der Waals surface area contributed by atoms with Crippen LogP contribution in [0.4, 0.5) is 0 Å². The van der Waals surface area contributed by atoms with E-state index in [0.29, 0.717) is 0 Å². The van der Waals surface area contributed by atoms with E-state index in [2.05, 4.69) is 54.3 Å². The highest BCUT2D eigenvalue weighted by molar-refractivity contribution is 5.94. The van der Waals surface area contributed by atoms with Gasteiger partial charge in [-0.3, -0.25) is 0 Å². The topological polar surface area (TPSA) is 19.0 Å². The van der Waals surface area contributed by atoms with E-state index in [-0.39, 0.29) is 0 Å². The zero-order valence-corrected chi connectivity index (χ0v) is 11.2. The molecule has 0 unspecified atom stereocenters. The first kappa shape index (κ1) is 11.5. The molecular weight excluding hydrogens is 220 g/mol. The summed E-state index contributed by atoms with van der Waals surface area (Å²) in [5.41, 5.74) is 5.56. The molecule has 0 aliphatic carbocycles. The second-order valence-corrected chi connectivity index (χ2v) is 5.15. The summed E-state index contributed by atoms with van der Waals surface area (Å²) in [7, 11) is 2.19. The number of benzene rings is 1. The van der Waals surface area contributed by atoms with Gasteiger partial charge >= 0.3 is 0 Å². The van der Waals surface area contributed by atoms with E-state index in [1.54, 1.807) is 0 Å². The Morgan fingerprint density at radius 2 is 2.22 bits per heavy atom. The molecule has 2 nitrogen and oxygen atoms in total. The first-order valence-electron chi connectivity index (χ1n) is 6.76. The summed E-state index contributed by atoms with van der Waals surface area (Å²) in [6.07, 6.45) is 6.80. The number of hydrogen-bond acceptors (Lipinski definition) is 1. The van der Waals surface area contributed by atoms with Gasteiger partial charge < -0.3 is 9.88 Å². The van der Waals surface area contributed by atoms with Crippen LogP contribution in [0.15, 0.2) is 30.5 Å². The average Bonchev–Trinajstić information content (AvgIpc) is 2.82. The van der Waals surface area contributed by atoms with E-state index in [9.17, 15) is 0 Å². The molecule has 0 atom stereocenters. The van der Waals surface area contributed by atoms with Gasteiger partial charge in [0, 0.05) is 35.8 Å². The summed E-state index contributed by atoms with van der Waals surface area (Å²) in [6, 6.07) is 6.62. The van der Waals surface area contributed by atoms with Gasteiger partial charge in [0.2, 0.25) is 0 Å². The number of para-hydroxylation sites is 1. The van der Waals surface area contributed by atoms with Crippen LogP contribution in [-0.2, 0) is 6.42 Å². The van der Waals surface area contributed by atoms with Crippen LogP contribution >= 0.6 is 0 Å². The van der Waals surface area contributed by atoms with Crippen LogP contribution in [0, 0.1) is 0 Å². The van der Waals surface area contributed by atoms with Gasteiger partial charge in [-0.2, -0.15) is 0 Å². The van der Waals surface area contributed by atoms with Crippen LogP contribution in [0.5, 0.6) is 0 Å². The zero-order valence-electron chi connectivity index (χ0n) is 11.2. The van der Waals surface area contributed by atoms with E-state index < -0.39 is 0 Å². The monoisotopic (exact) mass is 240 g/mol. The largest absolute Gasteiger partial charge is 0.360 e. The maximum Gasteiger partial charge on any atom is 0.0492 e. The minimum Gasteiger partial charge on any atom is -0.360 e. The Labute approximate surface area is 108 Å². The van der Waals surface area contributed by atoms with Crippen molar-refractivity contribution in [2.45, 2.75) is 19.8 Å². The zero-order chi connectivity index (χ0) is 12.5. The maximum absolute atomic E-state index is 3.46. The summed E-state index contributed by atoms with van der Waals surface area (Å²) in [5, 5.41) is 1.37. The van der Waals surface area contributed by atoms with Gasteiger partial charge in [-0.1, -0.05) is 31.2 Å². The molecule has 1 aromatic carbocycles. The lowest BCUT2D eigenvalue weighted by atomic mass is 9.99. The Kier molecular flexibility index (Phi) is 2.96. The molecule has 2 heterocycles. The van der Waals surface area contributed by atoms with Crippen molar-refractivity contribution < 1.29 is 0 Å². The lowest BCUT2D eigenvalue weighted by Gasteiger charge is -2.22. The van der Waals surface area contributed by atoms with Gasteiger partial charge in [0.05, 0.1) is 0 Å². The molecule has 2 heteroatoms. The molecule has 94 valence electrons. The third-order valence-electron chi connectivity index (χ3n) is 3.87. The predicted octanol–water partition coefficient (Wildman–Crippen LogP) is 3.45. The van der Waals surface area contributed by atoms with Crippen LogP contribution < -0.4 is 0 Å². The second-order valence-electron chi connectivity index (χ2n) is 5.15. The number of aromatic amines is 1. The van der Waals surface area contributed by atoms with Gasteiger partial charge in [0.15, 0.2) is 0 Å². The quantitative estimate of drug-likeness (QED) is 0.852. The number of nitrogens with one attached hydrogen (secondary N) is 1. The normalized spacial score (nSPS) is 17.1. The SMILES string of the molecule is CCc1cccc2c(C3=CCCN(C)C3)c[nH]c12. The fraction of sp³-hybridized carbons (Fsp3) is 0.375. The third-order valence-corrected chi connectivity index (χ3v) is 3.87. The number of aromatic nitrogens is 1. The van der Waals surface area contributed by atoms with E-state index in [1.807, 2.05) is 0 Å². The summed E-state index contributed by atoms with van der Waals surface area (Å²) in [4.78, 5) is 5.85. The van der Waals surface area contributed by atoms with Crippen LogP contribution in [0.3, 0.4) is 0 Å². The third kappa shape index (κ3) is 1.87. The summed E-state index contributed by atoms with van der Waals surface area (Å²) in [5.74, 6) is 0. The first-order valence-corrected chi connectivity index (χ1v) is 6.76. The lowest BCUT2D eigenvalue weighted by Crippen LogP contribution is -2.24. The van der Waals surface area contributed by atoms with Crippen LogP contribution in [0.25, 0.3) is 16.5 Å². The number of nitrogens with zero attached hydrogens (tertiary/aromatic N) is 1. The van der Waals surface area contributed by atoms with Crippen molar-refractivity contribution >= 4 is 16.5 Å². The Bertz CT molecular complexity index is 592. The van der Waals surface area contributed by atoms with Crippen LogP contribution in [0.2, 0.25) is 0 Å². The number of likely N-dealkylation sites (N-methyl/N-ethyl adjacent to an activating group) is 1. The number of hydrogen-bond donors (Lipinski definition) is 1.